The lowest BCUT2D eigenvalue weighted by molar-refractivity contribution is 0.0828. The lowest BCUT2D eigenvalue weighted by Crippen LogP contribution is -2.39. The lowest BCUT2D eigenvalue weighted by Gasteiger charge is -2.35. The van der Waals surface area contributed by atoms with E-state index in [0.29, 0.717) is 19.1 Å². The van der Waals surface area contributed by atoms with Gasteiger partial charge in [0, 0.05) is 30.3 Å². The number of aromatic amines is 1. The SMILES string of the molecule is CCCC(c1nnnn1CC1CCCO1)N(Cc1cc2ccc(C)cc2[nH]c1=O)C1CCCC1. The molecule has 1 N–H and O–H groups in total. The number of nitrogens with one attached hydrogen (secondary N) is 1. The molecule has 0 radical (unpaired) electrons. The molecule has 1 aromatic carbocycles. The molecule has 5 rings (SSSR count). The van der Waals surface area contributed by atoms with E-state index in [1.165, 1.54) is 12.8 Å². The fourth-order valence-corrected chi connectivity index (χ4v) is 5.68. The molecule has 1 aliphatic carbocycles. The summed E-state index contributed by atoms with van der Waals surface area (Å²) in [6.07, 6.45) is 9.06. The zero-order chi connectivity index (χ0) is 23.5. The first kappa shape index (κ1) is 23.2. The van der Waals surface area contributed by atoms with Crippen LogP contribution in [0.2, 0.25) is 0 Å². The predicted molar refractivity (Wildman–Crippen MR) is 132 cm³/mol. The predicted octanol–water partition coefficient (Wildman–Crippen LogP) is 4.29. The van der Waals surface area contributed by atoms with Crippen molar-refractivity contribution >= 4 is 10.9 Å². The maximum atomic E-state index is 13.1. The number of tetrazole rings is 1. The van der Waals surface area contributed by atoms with Gasteiger partial charge in [0.15, 0.2) is 5.82 Å². The average molecular weight is 465 g/mol. The Bertz CT molecular complexity index is 1160. The van der Waals surface area contributed by atoms with E-state index in [9.17, 15) is 4.79 Å². The van der Waals surface area contributed by atoms with Gasteiger partial charge in [-0.25, -0.2) is 4.68 Å². The third-order valence-corrected chi connectivity index (χ3v) is 7.45. The highest BCUT2D eigenvalue weighted by molar-refractivity contribution is 5.79. The van der Waals surface area contributed by atoms with E-state index in [0.717, 1.165) is 73.0 Å². The summed E-state index contributed by atoms with van der Waals surface area (Å²) >= 11 is 0. The molecular weight excluding hydrogens is 428 g/mol. The second-order valence-corrected chi connectivity index (χ2v) is 9.98. The number of pyridine rings is 1. The van der Waals surface area contributed by atoms with Gasteiger partial charge in [-0.3, -0.25) is 9.69 Å². The third-order valence-electron chi connectivity index (χ3n) is 7.45. The van der Waals surface area contributed by atoms with Gasteiger partial charge in [0.2, 0.25) is 0 Å². The second kappa shape index (κ2) is 10.4. The molecule has 182 valence electrons. The topological polar surface area (TPSA) is 88.9 Å². The smallest absolute Gasteiger partial charge is 0.252 e. The first-order valence-corrected chi connectivity index (χ1v) is 12.9. The number of hydrogen-bond acceptors (Lipinski definition) is 6. The summed E-state index contributed by atoms with van der Waals surface area (Å²) in [6, 6.07) is 8.78. The van der Waals surface area contributed by atoms with Crippen LogP contribution in [0.5, 0.6) is 0 Å². The second-order valence-electron chi connectivity index (χ2n) is 9.98. The zero-order valence-corrected chi connectivity index (χ0v) is 20.4. The van der Waals surface area contributed by atoms with Crippen LogP contribution < -0.4 is 5.56 Å². The molecule has 34 heavy (non-hydrogen) atoms. The van der Waals surface area contributed by atoms with Crippen LogP contribution in [0, 0.1) is 6.92 Å². The highest BCUT2D eigenvalue weighted by Gasteiger charge is 2.33. The summed E-state index contributed by atoms with van der Waals surface area (Å²) in [5, 5.41) is 14.0. The van der Waals surface area contributed by atoms with Crippen molar-refractivity contribution in [1.29, 1.82) is 0 Å². The molecule has 0 amide bonds. The third kappa shape index (κ3) is 4.93. The van der Waals surface area contributed by atoms with Crippen molar-refractivity contribution in [2.45, 2.75) is 96.5 Å². The van der Waals surface area contributed by atoms with E-state index >= 15 is 0 Å². The van der Waals surface area contributed by atoms with Gasteiger partial charge in [0.1, 0.15) is 0 Å². The van der Waals surface area contributed by atoms with Crippen LogP contribution in [0.15, 0.2) is 29.1 Å². The normalized spacial score (nSPS) is 20.0. The van der Waals surface area contributed by atoms with E-state index in [2.05, 4.69) is 50.5 Å². The summed E-state index contributed by atoms with van der Waals surface area (Å²) in [5.41, 5.74) is 2.84. The largest absolute Gasteiger partial charge is 0.376 e. The minimum atomic E-state index is -0.00436. The maximum Gasteiger partial charge on any atom is 0.252 e. The van der Waals surface area contributed by atoms with Gasteiger partial charge in [-0.1, -0.05) is 38.3 Å². The quantitative estimate of drug-likeness (QED) is 0.508. The summed E-state index contributed by atoms with van der Waals surface area (Å²) < 4.78 is 7.82. The zero-order valence-electron chi connectivity index (χ0n) is 20.4. The molecule has 2 fully saturated rings. The Kier molecular flexibility index (Phi) is 7.06. The molecule has 2 unspecified atom stereocenters. The van der Waals surface area contributed by atoms with E-state index in [-0.39, 0.29) is 17.7 Å². The number of ether oxygens (including phenoxy) is 1. The van der Waals surface area contributed by atoms with Crippen LogP contribution in [0.1, 0.15) is 81.3 Å². The van der Waals surface area contributed by atoms with Gasteiger partial charge in [-0.15, -0.1) is 5.10 Å². The maximum absolute atomic E-state index is 13.1. The monoisotopic (exact) mass is 464 g/mol. The molecule has 3 aromatic rings. The fourth-order valence-electron chi connectivity index (χ4n) is 5.68. The Hall–Kier alpha value is -2.58. The number of hydrogen-bond donors (Lipinski definition) is 1. The number of rotatable bonds is 9. The number of aromatic nitrogens is 5. The molecule has 2 aromatic heterocycles. The van der Waals surface area contributed by atoms with E-state index in [1.807, 2.05) is 17.7 Å². The van der Waals surface area contributed by atoms with Gasteiger partial charge in [-0.2, -0.15) is 0 Å². The molecule has 0 bridgehead atoms. The van der Waals surface area contributed by atoms with E-state index < -0.39 is 0 Å². The van der Waals surface area contributed by atoms with Crippen LogP contribution >= 0.6 is 0 Å². The van der Waals surface area contributed by atoms with Crippen molar-refractivity contribution in [2.24, 2.45) is 0 Å². The van der Waals surface area contributed by atoms with Gasteiger partial charge < -0.3 is 9.72 Å². The van der Waals surface area contributed by atoms with Crippen molar-refractivity contribution < 1.29 is 4.74 Å². The first-order chi connectivity index (χ1) is 16.6. The number of benzene rings is 1. The lowest BCUT2D eigenvalue weighted by atomic mass is 10.0. The molecule has 1 saturated carbocycles. The Morgan fingerprint density at radius 2 is 2.06 bits per heavy atom. The highest BCUT2D eigenvalue weighted by atomic mass is 16.5. The molecule has 2 aliphatic rings. The minimum Gasteiger partial charge on any atom is -0.376 e. The molecule has 8 nitrogen and oxygen atoms in total. The van der Waals surface area contributed by atoms with Crippen molar-refractivity contribution in [3.05, 3.63) is 51.6 Å². The Balaban J connectivity index is 1.49. The summed E-state index contributed by atoms with van der Waals surface area (Å²) in [5.74, 6) is 0.900. The standard InChI is InChI=1S/C26H36N6O2/c1-3-7-24(25-28-29-30-32(25)17-22-10-6-13-34-22)31(21-8-4-5-9-21)16-20-15-19-12-11-18(2)14-23(19)27-26(20)33/h11-12,14-15,21-22,24H,3-10,13,16-17H2,1-2H3,(H,27,33). The van der Waals surface area contributed by atoms with Gasteiger partial charge in [0.25, 0.3) is 5.56 Å². The number of aryl methyl sites for hydroxylation is 1. The number of nitrogens with zero attached hydrogens (tertiary/aromatic N) is 5. The van der Waals surface area contributed by atoms with E-state index in [1.54, 1.807) is 0 Å². The molecule has 3 heterocycles. The van der Waals surface area contributed by atoms with Gasteiger partial charge >= 0.3 is 0 Å². The van der Waals surface area contributed by atoms with Crippen LogP contribution in [-0.2, 0) is 17.8 Å². The molecule has 8 heteroatoms. The van der Waals surface area contributed by atoms with E-state index in [4.69, 9.17) is 4.74 Å². The number of fused-ring (bicyclic) bond motifs is 1. The van der Waals surface area contributed by atoms with Gasteiger partial charge in [0.05, 0.1) is 18.7 Å². The Labute approximate surface area is 200 Å². The molecule has 1 aliphatic heterocycles. The van der Waals surface area contributed by atoms with Crippen molar-refractivity contribution in [3.63, 3.8) is 0 Å². The fraction of sp³-hybridized carbons (Fsp3) is 0.615. The minimum absolute atomic E-state index is 0.00436. The molecule has 2 atom stereocenters. The van der Waals surface area contributed by atoms with Crippen LogP contribution in [0.4, 0.5) is 0 Å². The highest BCUT2D eigenvalue weighted by Crippen LogP contribution is 2.34. The number of H-pyrrole nitrogens is 1. The summed E-state index contributed by atoms with van der Waals surface area (Å²) in [7, 11) is 0. The van der Waals surface area contributed by atoms with Crippen molar-refractivity contribution in [2.75, 3.05) is 6.61 Å². The molecular formula is C26H36N6O2. The first-order valence-electron chi connectivity index (χ1n) is 12.9. The average Bonchev–Trinajstić information content (AvgIpc) is 3.60. The van der Waals surface area contributed by atoms with Crippen LogP contribution in [-0.4, -0.2) is 48.8 Å². The molecule has 0 spiro atoms. The van der Waals surface area contributed by atoms with Crippen LogP contribution in [0.3, 0.4) is 0 Å². The Morgan fingerprint density at radius 3 is 2.82 bits per heavy atom. The summed E-state index contributed by atoms with van der Waals surface area (Å²) in [4.78, 5) is 18.7. The summed E-state index contributed by atoms with van der Waals surface area (Å²) in [6.45, 7) is 6.36. The van der Waals surface area contributed by atoms with Crippen molar-refractivity contribution in [1.82, 2.24) is 30.1 Å². The van der Waals surface area contributed by atoms with Crippen molar-refractivity contribution in [3.8, 4) is 0 Å². The van der Waals surface area contributed by atoms with Gasteiger partial charge in [-0.05, 0) is 72.5 Å². The molecule has 1 saturated heterocycles. The Morgan fingerprint density at radius 1 is 1.21 bits per heavy atom. The van der Waals surface area contributed by atoms with Crippen LogP contribution in [0.25, 0.3) is 10.9 Å².